The fourth-order valence-electron chi connectivity index (χ4n) is 1.21. The van der Waals surface area contributed by atoms with Gasteiger partial charge in [-0.25, -0.2) is 10.8 Å². The van der Waals surface area contributed by atoms with Gasteiger partial charge in [0.25, 0.3) is 0 Å². The minimum atomic E-state index is -0.378. The molecule has 5 heteroatoms. The molecule has 1 heterocycles. The van der Waals surface area contributed by atoms with Gasteiger partial charge in [0.05, 0.1) is 6.10 Å². The Hall–Kier alpha value is -1.33. The molecule has 0 saturated carbocycles. The lowest BCUT2D eigenvalue weighted by molar-refractivity contribution is 0.201. The molecule has 0 fully saturated rings. The third kappa shape index (κ3) is 2.86. The van der Waals surface area contributed by atoms with E-state index in [2.05, 4.69) is 10.4 Å². The van der Waals surface area contributed by atoms with Crippen molar-refractivity contribution in [3.05, 3.63) is 18.2 Å². The summed E-state index contributed by atoms with van der Waals surface area (Å²) in [6, 6.07) is 5.50. The number of rotatable bonds is 4. The van der Waals surface area contributed by atoms with Crippen LogP contribution in [0.25, 0.3) is 0 Å². The van der Waals surface area contributed by atoms with Crippen LogP contribution in [0, 0.1) is 0 Å². The number of hydrazine groups is 1. The molecule has 1 unspecified atom stereocenters. The molecule has 4 N–H and O–H groups in total. The zero-order valence-electron chi connectivity index (χ0n) is 8.44. The van der Waals surface area contributed by atoms with Crippen LogP contribution >= 0.6 is 0 Å². The summed E-state index contributed by atoms with van der Waals surface area (Å²) in [5.41, 5.74) is 2.48. The second kappa shape index (κ2) is 4.78. The minimum absolute atomic E-state index is 0.378. The molecule has 1 aromatic heterocycles. The van der Waals surface area contributed by atoms with Crippen LogP contribution in [0.5, 0.6) is 0 Å². The van der Waals surface area contributed by atoms with Crippen LogP contribution in [-0.2, 0) is 0 Å². The molecule has 1 atom stereocenters. The van der Waals surface area contributed by atoms with Crippen molar-refractivity contribution in [2.24, 2.45) is 5.84 Å². The van der Waals surface area contributed by atoms with Crippen molar-refractivity contribution >= 4 is 11.6 Å². The van der Waals surface area contributed by atoms with Crippen LogP contribution in [-0.4, -0.2) is 29.8 Å². The lowest BCUT2D eigenvalue weighted by Crippen LogP contribution is -2.27. The summed E-state index contributed by atoms with van der Waals surface area (Å²) >= 11 is 0. The highest BCUT2D eigenvalue weighted by atomic mass is 16.3. The van der Waals surface area contributed by atoms with Gasteiger partial charge in [-0.3, -0.25) is 0 Å². The summed E-state index contributed by atoms with van der Waals surface area (Å²) < 4.78 is 0. The van der Waals surface area contributed by atoms with E-state index in [9.17, 15) is 5.11 Å². The highest BCUT2D eigenvalue weighted by Crippen LogP contribution is 2.12. The molecule has 78 valence electrons. The number of hydrogen-bond acceptors (Lipinski definition) is 5. The smallest absolute Gasteiger partial charge is 0.142 e. The van der Waals surface area contributed by atoms with Crippen molar-refractivity contribution in [2.45, 2.75) is 13.0 Å². The molecule has 1 rings (SSSR count). The number of anilines is 2. The van der Waals surface area contributed by atoms with Crippen molar-refractivity contribution in [3.8, 4) is 0 Å². The van der Waals surface area contributed by atoms with Gasteiger partial charge >= 0.3 is 0 Å². The van der Waals surface area contributed by atoms with Gasteiger partial charge in [0.2, 0.25) is 0 Å². The summed E-state index contributed by atoms with van der Waals surface area (Å²) in [5.74, 6) is 6.63. The Bertz CT molecular complexity index is 290. The van der Waals surface area contributed by atoms with Gasteiger partial charge in [-0.05, 0) is 19.1 Å². The SMILES string of the molecule is CC(O)CN(C)c1cccc(NN)n1. The van der Waals surface area contributed by atoms with E-state index in [-0.39, 0.29) is 6.10 Å². The summed E-state index contributed by atoms with van der Waals surface area (Å²) in [5, 5.41) is 9.20. The maximum Gasteiger partial charge on any atom is 0.142 e. The summed E-state index contributed by atoms with van der Waals surface area (Å²) in [6.45, 7) is 2.28. The second-order valence-corrected chi connectivity index (χ2v) is 3.25. The highest BCUT2D eigenvalue weighted by Gasteiger charge is 2.05. The number of aromatic nitrogens is 1. The zero-order chi connectivity index (χ0) is 10.6. The molecule has 1 aromatic rings. The van der Waals surface area contributed by atoms with Crippen molar-refractivity contribution in [1.82, 2.24) is 4.98 Å². The Labute approximate surface area is 83.5 Å². The highest BCUT2D eigenvalue weighted by molar-refractivity contribution is 5.45. The number of hydrogen-bond donors (Lipinski definition) is 3. The zero-order valence-corrected chi connectivity index (χ0v) is 8.44. The number of likely N-dealkylation sites (N-methyl/N-ethyl adjacent to an activating group) is 1. The van der Waals surface area contributed by atoms with Gasteiger partial charge in [-0.15, -0.1) is 0 Å². The van der Waals surface area contributed by atoms with Gasteiger partial charge in [0, 0.05) is 13.6 Å². The van der Waals surface area contributed by atoms with Gasteiger partial charge in [-0.2, -0.15) is 0 Å². The van der Waals surface area contributed by atoms with Crippen LogP contribution in [0.1, 0.15) is 6.92 Å². The third-order valence-electron chi connectivity index (χ3n) is 1.81. The summed E-state index contributed by atoms with van der Waals surface area (Å²) in [6.07, 6.45) is -0.378. The average Bonchev–Trinajstić information content (AvgIpc) is 2.17. The van der Waals surface area contributed by atoms with E-state index in [0.717, 1.165) is 5.82 Å². The molecule has 0 aliphatic heterocycles. The van der Waals surface area contributed by atoms with E-state index in [0.29, 0.717) is 12.4 Å². The van der Waals surface area contributed by atoms with Crippen molar-refractivity contribution in [2.75, 3.05) is 23.9 Å². The van der Waals surface area contributed by atoms with E-state index in [1.54, 1.807) is 13.0 Å². The van der Waals surface area contributed by atoms with Gasteiger partial charge in [-0.1, -0.05) is 6.07 Å². The standard InChI is InChI=1S/C9H16N4O/c1-7(14)6-13(2)9-5-3-4-8(11-9)12-10/h3-5,7,14H,6,10H2,1-2H3,(H,11,12). The first-order chi connectivity index (χ1) is 6.63. The molecule has 0 saturated heterocycles. The fourth-order valence-corrected chi connectivity index (χ4v) is 1.21. The first-order valence-electron chi connectivity index (χ1n) is 4.46. The van der Waals surface area contributed by atoms with Crippen LogP contribution < -0.4 is 16.2 Å². The van der Waals surface area contributed by atoms with E-state index >= 15 is 0 Å². The molecular weight excluding hydrogens is 180 g/mol. The van der Waals surface area contributed by atoms with Crippen LogP contribution in [0.4, 0.5) is 11.6 Å². The van der Waals surface area contributed by atoms with Crippen LogP contribution in [0.3, 0.4) is 0 Å². The molecule has 0 spiro atoms. The normalized spacial score (nSPS) is 12.3. The van der Waals surface area contributed by atoms with Crippen molar-refractivity contribution in [1.29, 1.82) is 0 Å². The maximum absolute atomic E-state index is 9.20. The lowest BCUT2D eigenvalue weighted by atomic mass is 10.3. The number of pyridine rings is 1. The number of nitrogens with two attached hydrogens (primary N) is 1. The molecule has 0 aromatic carbocycles. The minimum Gasteiger partial charge on any atom is -0.392 e. The lowest BCUT2D eigenvalue weighted by Gasteiger charge is -2.19. The number of nitrogen functional groups attached to an aromatic ring is 1. The Balaban J connectivity index is 2.73. The molecule has 5 nitrogen and oxygen atoms in total. The molecule has 0 amide bonds. The van der Waals surface area contributed by atoms with Gasteiger partial charge in [0.1, 0.15) is 11.6 Å². The maximum atomic E-state index is 9.20. The Morgan fingerprint density at radius 2 is 2.36 bits per heavy atom. The van der Waals surface area contributed by atoms with E-state index in [4.69, 9.17) is 5.84 Å². The van der Waals surface area contributed by atoms with E-state index < -0.39 is 0 Å². The monoisotopic (exact) mass is 196 g/mol. The predicted octanol–water partition coefficient (Wildman–Crippen LogP) is 0.184. The molecule has 0 radical (unpaired) electrons. The number of aliphatic hydroxyl groups is 1. The molecule has 0 aliphatic carbocycles. The molecular formula is C9H16N4O. The van der Waals surface area contributed by atoms with Crippen molar-refractivity contribution < 1.29 is 5.11 Å². The largest absolute Gasteiger partial charge is 0.392 e. The number of aliphatic hydroxyl groups excluding tert-OH is 1. The van der Waals surface area contributed by atoms with E-state index in [1.807, 2.05) is 24.1 Å². The Morgan fingerprint density at radius 3 is 2.93 bits per heavy atom. The first kappa shape index (κ1) is 10.7. The van der Waals surface area contributed by atoms with Gasteiger partial charge < -0.3 is 15.4 Å². The van der Waals surface area contributed by atoms with Gasteiger partial charge in [0.15, 0.2) is 0 Å². The second-order valence-electron chi connectivity index (χ2n) is 3.25. The number of nitrogens with one attached hydrogen (secondary N) is 1. The molecule has 14 heavy (non-hydrogen) atoms. The third-order valence-corrected chi connectivity index (χ3v) is 1.81. The fraction of sp³-hybridized carbons (Fsp3) is 0.444. The molecule has 0 aliphatic rings. The summed E-state index contributed by atoms with van der Waals surface area (Å²) in [7, 11) is 1.87. The Morgan fingerprint density at radius 1 is 1.64 bits per heavy atom. The first-order valence-corrected chi connectivity index (χ1v) is 4.46. The van der Waals surface area contributed by atoms with E-state index in [1.165, 1.54) is 0 Å². The quantitative estimate of drug-likeness (QED) is 0.473. The predicted molar refractivity (Wildman–Crippen MR) is 57.0 cm³/mol. The Kier molecular flexibility index (Phi) is 3.67. The molecule has 0 bridgehead atoms. The summed E-state index contributed by atoms with van der Waals surface area (Å²) in [4.78, 5) is 6.09. The van der Waals surface area contributed by atoms with Crippen molar-refractivity contribution in [3.63, 3.8) is 0 Å². The van der Waals surface area contributed by atoms with Crippen LogP contribution in [0.2, 0.25) is 0 Å². The number of nitrogens with zero attached hydrogens (tertiary/aromatic N) is 2. The van der Waals surface area contributed by atoms with Crippen LogP contribution in [0.15, 0.2) is 18.2 Å². The topological polar surface area (TPSA) is 74.4 Å². The average molecular weight is 196 g/mol.